The van der Waals surface area contributed by atoms with Crippen molar-refractivity contribution in [3.05, 3.63) is 29.5 Å². The van der Waals surface area contributed by atoms with E-state index in [1.165, 1.54) is 62.3 Å². The van der Waals surface area contributed by atoms with Crippen LogP contribution in [0.5, 0.6) is 0 Å². The highest BCUT2D eigenvalue weighted by atomic mass is 15.3. The van der Waals surface area contributed by atoms with Gasteiger partial charge >= 0.3 is 0 Å². The van der Waals surface area contributed by atoms with E-state index in [4.69, 9.17) is 9.97 Å². The lowest BCUT2D eigenvalue weighted by atomic mass is 9.94. The zero-order valence-electron chi connectivity index (χ0n) is 16.3. The lowest BCUT2D eigenvalue weighted by molar-refractivity contribution is 0.323. The van der Waals surface area contributed by atoms with Crippen LogP contribution in [0.25, 0.3) is 10.9 Å². The van der Waals surface area contributed by atoms with Gasteiger partial charge in [0.2, 0.25) is 5.95 Å². The van der Waals surface area contributed by atoms with Crippen molar-refractivity contribution in [2.75, 3.05) is 18.0 Å². The molecule has 1 N–H and O–H groups in total. The van der Waals surface area contributed by atoms with Gasteiger partial charge < -0.3 is 10.2 Å². The summed E-state index contributed by atoms with van der Waals surface area (Å²) in [5.74, 6) is 0.916. The molecule has 26 heavy (non-hydrogen) atoms. The van der Waals surface area contributed by atoms with Crippen LogP contribution in [0.4, 0.5) is 5.95 Å². The van der Waals surface area contributed by atoms with Crippen molar-refractivity contribution in [3.63, 3.8) is 0 Å². The smallest absolute Gasteiger partial charge is 0.226 e. The Balaban J connectivity index is 1.46. The molecule has 4 nitrogen and oxygen atoms in total. The molecule has 4 heteroatoms. The summed E-state index contributed by atoms with van der Waals surface area (Å²) in [5.41, 5.74) is 3.42. The molecule has 1 atom stereocenters. The minimum absolute atomic E-state index is 0.659. The predicted octanol–water partition coefficient (Wildman–Crippen LogP) is 4.53. The maximum atomic E-state index is 4.90. The molecule has 1 aromatic heterocycles. The summed E-state index contributed by atoms with van der Waals surface area (Å²) < 4.78 is 0. The van der Waals surface area contributed by atoms with Crippen LogP contribution >= 0.6 is 0 Å². The SMILES string of the molecule is Cc1ccc2c(C)nc(N3CCCC(NC4CCCCC4)CC3)nc2c1. The minimum Gasteiger partial charge on any atom is -0.341 e. The van der Waals surface area contributed by atoms with Crippen molar-refractivity contribution in [3.8, 4) is 0 Å². The Morgan fingerprint density at radius 2 is 1.65 bits per heavy atom. The van der Waals surface area contributed by atoms with Crippen LogP contribution in [-0.4, -0.2) is 35.1 Å². The number of aryl methyl sites for hydroxylation is 2. The van der Waals surface area contributed by atoms with Crippen molar-refractivity contribution in [1.29, 1.82) is 0 Å². The third-order valence-electron chi connectivity index (χ3n) is 6.12. The summed E-state index contributed by atoms with van der Waals surface area (Å²) in [4.78, 5) is 12.1. The van der Waals surface area contributed by atoms with Gasteiger partial charge in [-0.25, -0.2) is 9.97 Å². The van der Waals surface area contributed by atoms with Gasteiger partial charge in [0.1, 0.15) is 0 Å². The fourth-order valence-corrected chi connectivity index (χ4v) is 4.59. The average Bonchev–Trinajstić information content (AvgIpc) is 2.88. The van der Waals surface area contributed by atoms with E-state index in [0.29, 0.717) is 6.04 Å². The molecule has 2 aliphatic rings. The molecule has 0 bridgehead atoms. The van der Waals surface area contributed by atoms with Crippen LogP contribution in [0.2, 0.25) is 0 Å². The van der Waals surface area contributed by atoms with E-state index >= 15 is 0 Å². The Kier molecular flexibility index (Phi) is 5.39. The first-order chi connectivity index (χ1) is 12.7. The largest absolute Gasteiger partial charge is 0.341 e. The normalized spacial score (nSPS) is 22.5. The van der Waals surface area contributed by atoms with Gasteiger partial charge in [-0.3, -0.25) is 0 Å². The van der Waals surface area contributed by atoms with Gasteiger partial charge in [-0.2, -0.15) is 0 Å². The molecule has 2 aromatic rings. The summed E-state index contributed by atoms with van der Waals surface area (Å²) in [6.45, 7) is 6.36. The molecule has 1 aliphatic carbocycles. The molecule has 0 radical (unpaired) electrons. The highest BCUT2D eigenvalue weighted by Crippen LogP contribution is 2.24. The van der Waals surface area contributed by atoms with Crippen molar-refractivity contribution >= 4 is 16.9 Å². The number of benzene rings is 1. The van der Waals surface area contributed by atoms with E-state index in [9.17, 15) is 0 Å². The van der Waals surface area contributed by atoms with Gasteiger partial charge in [-0.1, -0.05) is 31.4 Å². The third-order valence-corrected chi connectivity index (χ3v) is 6.12. The molecule has 1 saturated carbocycles. The van der Waals surface area contributed by atoms with Crippen LogP contribution in [0.15, 0.2) is 18.2 Å². The van der Waals surface area contributed by atoms with Crippen molar-refractivity contribution < 1.29 is 0 Å². The molecule has 1 aliphatic heterocycles. The van der Waals surface area contributed by atoms with Crippen LogP contribution in [-0.2, 0) is 0 Å². The first kappa shape index (κ1) is 17.7. The van der Waals surface area contributed by atoms with Crippen LogP contribution in [0, 0.1) is 13.8 Å². The zero-order valence-corrected chi connectivity index (χ0v) is 16.3. The van der Waals surface area contributed by atoms with Gasteiger partial charge in [0.05, 0.1) is 11.2 Å². The molecule has 1 unspecified atom stereocenters. The Bertz CT molecular complexity index is 751. The second-order valence-electron chi connectivity index (χ2n) is 8.25. The molecule has 2 heterocycles. The van der Waals surface area contributed by atoms with E-state index in [0.717, 1.165) is 36.3 Å². The first-order valence-electron chi connectivity index (χ1n) is 10.4. The molecule has 2 fully saturated rings. The maximum Gasteiger partial charge on any atom is 0.226 e. The summed E-state index contributed by atoms with van der Waals surface area (Å²) >= 11 is 0. The number of nitrogens with zero attached hydrogens (tertiary/aromatic N) is 3. The number of fused-ring (bicyclic) bond motifs is 1. The fourth-order valence-electron chi connectivity index (χ4n) is 4.59. The fraction of sp³-hybridized carbons (Fsp3) is 0.636. The second-order valence-corrected chi connectivity index (χ2v) is 8.25. The predicted molar refractivity (Wildman–Crippen MR) is 109 cm³/mol. The van der Waals surface area contributed by atoms with E-state index < -0.39 is 0 Å². The zero-order chi connectivity index (χ0) is 17.9. The number of rotatable bonds is 3. The number of hydrogen-bond acceptors (Lipinski definition) is 4. The Morgan fingerprint density at radius 1 is 0.885 bits per heavy atom. The molecule has 0 spiro atoms. The van der Waals surface area contributed by atoms with Gasteiger partial charge in [-0.15, -0.1) is 0 Å². The molecule has 140 valence electrons. The molecular weight excluding hydrogens is 320 g/mol. The molecule has 1 aromatic carbocycles. The van der Waals surface area contributed by atoms with Crippen LogP contribution in [0.1, 0.15) is 62.6 Å². The molecule has 0 amide bonds. The minimum atomic E-state index is 0.659. The summed E-state index contributed by atoms with van der Waals surface area (Å²) in [6.07, 6.45) is 10.7. The number of hydrogen-bond donors (Lipinski definition) is 1. The van der Waals surface area contributed by atoms with E-state index in [-0.39, 0.29) is 0 Å². The van der Waals surface area contributed by atoms with E-state index in [1.54, 1.807) is 0 Å². The highest BCUT2D eigenvalue weighted by Gasteiger charge is 2.22. The van der Waals surface area contributed by atoms with Crippen LogP contribution < -0.4 is 10.2 Å². The standard InChI is InChI=1S/C22H32N4/c1-16-10-11-20-17(2)23-22(25-21(20)15-16)26-13-6-9-19(12-14-26)24-18-7-4-3-5-8-18/h10-11,15,18-19,24H,3-9,12-14H2,1-2H3. The number of anilines is 1. The van der Waals surface area contributed by atoms with Gasteiger partial charge in [0.15, 0.2) is 0 Å². The molecule has 4 rings (SSSR count). The Labute approximate surface area is 157 Å². The molecular formula is C22H32N4. The van der Waals surface area contributed by atoms with Crippen LogP contribution in [0.3, 0.4) is 0 Å². The second kappa shape index (κ2) is 7.91. The summed E-state index contributed by atoms with van der Waals surface area (Å²) in [5, 5.41) is 5.12. The van der Waals surface area contributed by atoms with E-state index in [2.05, 4.69) is 42.3 Å². The number of aromatic nitrogens is 2. The maximum absolute atomic E-state index is 4.90. The Hall–Kier alpha value is -1.68. The summed E-state index contributed by atoms with van der Waals surface area (Å²) in [7, 11) is 0. The van der Waals surface area contributed by atoms with Crippen molar-refractivity contribution in [2.24, 2.45) is 0 Å². The monoisotopic (exact) mass is 352 g/mol. The van der Waals surface area contributed by atoms with Crippen molar-refractivity contribution in [1.82, 2.24) is 15.3 Å². The number of nitrogens with one attached hydrogen (secondary N) is 1. The molecule has 1 saturated heterocycles. The topological polar surface area (TPSA) is 41.1 Å². The van der Waals surface area contributed by atoms with Gasteiger partial charge in [0.25, 0.3) is 0 Å². The summed E-state index contributed by atoms with van der Waals surface area (Å²) in [6, 6.07) is 7.88. The highest BCUT2D eigenvalue weighted by molar-refractivity contribution is 5.82. The average molecular weight is 353 g/mol. The van der Waals surface area contributed by atoms with Gasteiger partial charge in [-0.05, 0) is 57.6 Å². The first-order valence-corrected chi connectivity index (χ1v) is 10.4. The quantitative estimate of drug-likeness (QED) is 0.881. The van der Waals surface area contributed by atoms with Crippen molar-refractivity contribution in [2.45, 2.75) is 77.3 Å². The van der Waals surface area contributed by atoms with Gasteiger partial charge in [0, 0.05) is 30.6 Å². The van der Waals surface area contributed by atoms with E-state index in [1.807, 2.05) is 0 Å². The lowest BCUT2D eigenvalue weighted by Gasteiger charge is -2.28. The third kappa shape index (κ3) is 4.01. The lowest BCUT2D eigenvalue weighted by Crippen LogP contribution is -2.40. The Morgan fingerprint density at radius 3 is 2.50 bits per heavy atom.